The highest BCUT2D eigenvalue weighted by Crippen LogP contribution is 2.31. The molecule has 1 N–H and O–H groups in total. The van der Waals surface area contributed by atoms with E-state index in [9.17, 15) is 9.18 Å². The molecule has 0 fully saturated rings. The second kappa shape index (κ2) is 4.96. The van der Waals surface area contributed by atoms with Gasteiger partial charge < -0.3 is 10.2 Å². The zero-order valence-electron chi connectivity index (χ0n) is 11.2. The van der Waals surface area contributed by atoms with Crippen LogP contribution >= 0.6 is 0 Å². The van der Waals surface area contributed by atoms with Crippen molar-refractivity contribution in [2.24, 2.45) is 0 Å². The molecule has 1 aliphatic rings. The summed E-state index contributed by atoms with van der Waals surface area (Å²) in [6.45, 7) is 2.31. The Morgan fingerprint density at radius 1 is 1.20 bits per heavy atom. The van der Waals surface area contributed by atoms with Gasteiger partial charge in [0.2, 0.25) is 5.91 Å². The molecule has 3 nitrogen and oxygen atoms in total. The topological polar surface area (TPSA) is 32.3 Å². The molecule has 0 radical (unpaired) electrons. The van der Waals surface area contributed by atoms with Crippen LogP contribution in [-0.4, -0.2) is 12.5 Å². The summed E-state index contributed by atoms with van der Waals surface area (Å²) in [7, 11) is 0. The van der Waals surface area contributed by atoms with Crippen molar-refractivity contribution in [3.8, 4) is 0 Å². The number of rotatable bonds is 2. The molecule has 4 heteroatoms. The van der Waals surface area contributed by atoms with E-state index in [-0.39, 0.29) is 11.7 Å². The molecule has 0 bridgehead atoms. The van der Waals surface area contributed by atoms with E-state index < -0.39 is 0 Å². The lowest BCUT2D eigenvalue weighted by Gasteiger charge is -2.15. The highest BCUT2D eigenvalue weighted by atomic mass is 19.1. The van der Waals surface area contributed by atoms with Gasteiger partial charge in [0.25, 0.3) is 0 Å². The second-order valence-electron chi connectivity index (χ2n) is 4.90. The minimum Gasteiger partial charge on any atom is -0.355 e. The molecule has 1 heterocycles. The van der Waals surface area contributed by atoms with E-state index >= 15 is 0 Å². The monoisotopic (exact) mass is 270 g/mol. The number of nitrogens with zero attached hydrogens (tertiary/aromatic N) is 1. The molecule has 0 saturated carbocycles. The number of benzene rings is 2. The SMILES string of the molecule is CC(=O)N1CCc2cc(Nc3cccc(F)c3)ccc21. The van der Waals surface area contributed by atoms with Gasteiger partial charge in [-0.15, -0.1) is 0 Å². The van der Waals surface area contributed by atoms with Crippen molar-refractivity contribution in [2.75, 3.05) is 16.8 Å². The molecule has 1 aliphatic heterocycles. The predicted molar refractivity (Wildman–Crippen MR) is 77.9 cm³/mol. The van der Waals surface area contributed by atoms with Crippen LogP contribution < -0.4 is 10.2 Å². The zero-order valence-corrected chi connectivity index (χ0v) is 11.2. The normalized spacial score (nSPS) is 13.2. The lowest BCUT2D eigenvalue weighted by Crippen LogP contribution is -2.25. The summed E-state index contributed by atoms with van der Waals surface area (Å²) in [5.74, 6) is -0.200. The fraction of sp³-hybridized carbons (Fsp3) is 0.188. The van der Waals surface area contributed by atoms with E-state index in [1.54, 1.807) is 17.9 Å². The Morgan fingerprint density at radius 2 is 2.00 bits per heavy atom. The largest absolute Gasteiger partial charge is 0.355 e. The van der Waals surface area contributed by atoms with Gasteiger partial charge in [0.05, 0.1) is 0 Å². The van der Waals surface area contributed by atoms with Gasteiger partial charge in [-0.2, -0.15) is 0 Å². The van der Waals surface area contributed by atoms with Crippen LogP contribution in [0, 0.1) is 5.82 Å². The first-order valence-electron chi connectivity index (χ1n) is 6.57. The van der Waals surface area contributed by atoms with E-state index in [1.165, 1.54) is 12.1 Å². The Morgan fingerprint density at radius 3 is 2.75 bits per heavy atom. The Labute approximate surface area is 117 Å². The van der Waals surface area contributed by atoms with Gasteiger partial charge in [0, 0.05) is 30.5 Å². The Bertz CT molecular complexity index is 669. The molecule has 3 rings (SSSR count). The van der Waals surface area contributed by atoms with Gasteiger partial charge in [-0.3, -0.25) is 4.79 Å². The molecule has 1 amide bonds. The molecule has 102 valence electrons. The molecule has 20 heavy (non-hydrogen) atoms. The molecule has 2 aromatic carbocycles. The van der Waals surface area contributed by atoms with Crippen molar-refractivity contribution >= 4 is 23.0 Å². The minimum absolute atomic E-state index is 0.0644. The Kier molecular flexibility index (Phi) is 3.14. The van der Waals surface area contributed by atoms with Crippen LogP contribution in [0.15, 0.2) is 42.5 Å². The zero-order chi connectivity index (χ0) is 14.1. The van der Waals surface area contributed by atoms with Crippen molar-refractivity contribution in [3.63, 3.8) is 0 Å². The van der Waals surface area contributed by atoms with Crippen molar-refractivity contribution in [3.05, 3.63) is 53.8 Å². The second-order valence-corrected chi connectivity index (χ2v) is 4.90. The third-order valence-electron chi connectivity index (χ3n) is 3.47. The third-order valence-corrected chi connectivity index (χ3v) is 3.47. The van der Waals surface area contributed by atoms with Crippen LogP contribution in [0.3, 0.4) is 0 Å². The summed E-state index contributed by atoms with van der Waals surface area (Å²) in [6, 6.07) is 12.2. The molecular weight excluding hydrogens is 255 g/mol. The maximum absolute atomic E-state index is 13.1. The first-order chi connectivity index (χ1) is 9.63. The molecular formula is C16H15FN2O. The standard InChI is InChI=1S/C16H15FN2O/c1-11(20)19-8-7-12-9-15(5-6-16(12)19)18-14-4-2-3-13(17)10-14/h2-6,9-10,18H,7-8H2,1H3. The summed E-state index contributed by atoms with van der Waals surface area (Å²) >= 11 is 0. The lowest BCUT2D eigenvalue weighted by atomic mass is 10.1. The molecule has 0 atom stereocenters. The maximum atomic E-state index is 13.1. The van der Waals surface area contributed by atoms with Gasteiger partial charge in [-0.1, -0.05) is 6.07 Å². The predicted octanol–water partition coefficient (Wildman–Crippen LogP) is 3.48. The minimum atomic E-state index is -0.265. The van der Waals surface area contributed by atoms with Gasteiger partial charge >= 0.3 is 0 Å². The van der Waals surface area contributed by atoms with Crippen molar-refractivity contribution < 1.29 is 9.18 Å². The van der Waals surface area contributed by atoms with E-state index in [4.69, 9.17) is 0 Å². The van der Waals surface area contributed by atoms with E-state index in [2.05, 4.69) is 5.32 Å². The summed E-state index contributed by atoms with van der Waals surface area (Å²) in [6.07, 6.45) is 0.855. The number of nitrogens with one attached hydrogen (secondary N) is 1. The summed E-state index contributed by atoms with van der Waals surface area (Å²) < 4.78 is 13.1. The van der Waals surface area contributed by atoms with E-state index in [1.807, 2.05) is 24.3 Å². The Hall–Kier alpha value is -2.36. The van der Waals surface area contributed by atoms with Crippen molar-refractivity contribution in [1.29, 1.82) is 0 Å². The van der Waals surface area contributed by atoms with Crippen molar-refractivity contribution in [1.82, 2.24) is 0 Å². The number of hydrogen-bond acceptors (Lipinski definition) is 2. The van der Waals surface area contributed by atoms with Crippen LogP contribution in [0.1, 0.15) is 12.5 Å². The molecule has 0 spiro atoms. The first-order valence-corrected chi connectivity index (χ1v) is 6.57. The smallest absolute Gasteiger partial charge is 0.223 e. The Balaban J connectivity index is 1.85. The number of anilines is 3. The molecule has 2 aromatic rings. The maximum Gasteiger partial charge on any atom is 0.223 e. The third kappa shape index (κ3) is 2.37. The number of halogens is 1. The quantitative estimate of drug-likeness (QED) is 0.906. The van der Waals surface area contributed by atoms with Gasteiger partial charge in [-0.25, -0.2) is 4.39 Å². The van der Waals surface area contributed by atoms with Crippen LogP contribution in [0.4, 0.5) is 21.5 Å². The van der Waals surface area contributed by atoms with Gasteiger partial charge in [0.15, 0.2) is 0 Å². The highest BCUT2D eigenvalue weighted by Gasteiger charge is 2.21. The van der Waals surface area contributed by atoms with Crippen LogP contribution in [-0.2, 0) is 11.2 Å². The van der Waals surface area contributed by atoms with E-state index in [0.29, 0.717) is 5.69 Å². The van der Waals surface area contributed by atoms with Crippen LogP contribution in [0.5, 0.6) is 0 Å². The van der Waals surface area contributed by atoms with Crippen LogP contribution in [0.25, 0.3) is 0 Å². The van der Waals surface area contributed by atoms with Crippen LogP contribution in [0.2, 0.25) is 0 Å². The van der Waals surface area contributed by atoms with Gasteiger partial charge in [-0.05, 0) is 48.4 Å². The molecule has 0 aliphatic carbocycles. The number of carbonyl (C=O) groups excluding carboxylic acids is 1. The summed E-state index contributed by atoms with van der Waals surface area (Å²) in [5, 5.41) is 3.18. The van der Waals surface area contributed by atoms with Crippen molar-refractivity contribution in [2.45, 2.75) is 13.3 Å². The fourth-order valence-corrected chi connectivity index (χ4v) is 2.54. The summed E-state index contributed by atoms with van der Waals surface area (Å²) in [5.41, 5.74) is 3.73. The summed E-state index contributed by atoms with van der Waals surface area (Å²) in [4.78, 5) is 13.3. The van der Waals surface area contributed by atoms with E-state index in [0.717, 1.165) is 29.9 Å². The fourth-order valence-electron chi connectivity index (χ4n) is 2.54. The number of amides is 1. The molecule has 0 unspecified atom stereocenters. The lowest BCUT2D eigenvalue weighted by molar-refractivity contribution is -0.116. The van der Waals surface area contributed by atoms with Gasteiger partial charge in [0.1, 0.15) is 5.82 Å². The average Bonchev–Trinajstić information content (AvgIpc) is 2.82. The first kappa shape index (κ1) is 12.7. The average molecular weight is 270 g/mol. The number of fused-ring (bicyclic) bond motifs is 1. The molecule has 0 aromatic heterocycles. The number of carbonyl (C=O) groups is 1. The highest BCUT2D eigenvalue weighted by molar-refractivity contribution is 5.94. The molecule has 0 saturated heterocycles. The number of hydrogen-bond donors (Lipinski definition) is 1.